The van der Waals surface area contributed by atoms with Crippen LogP contribution in [-0.2, 0) is 0 Å². The lowest BCUT2D eigenvalue weighted by Crippen LogP contribution is -2.42. The van der Waals surface area contributed by atoms with Gasteiger partial charge in [0.05, 0.1) is 0 Å². The summed E-state index contributed by atoms with van der Waals surface area (Å²) in [5.41, 5.74) is 0. The molecule has 0 aromatic heterocycles. The van der Waals surface area contributed by atoms with Crippen LogP contribution in [0, 0.1) is 17.8 Å². The van der Waals surface area contributed by atoms with Gasteiger partial charge in [-0.15, -0.1) is 0 Å². The first kappa shape index (κ1) is 18.0. The van der Waals surface area contributed by atoms with Gasteiger partial charge >= 0.3 is 0 Å². The van der Waals surface area contributed by atoms with Gasteiger partial charge in [0, 0.05) is 12.6 Å². The zero-order chi connectivity index (χ0) is 15.0. The normalized spacial score (nSPS) is 20.7. The minimum absolute atomic E-state index is 0.857. The average Bonchev–Trinajstić information content (AvgIpc) is 2.35. The second-order valence-corrected chi connectivity index (χ2v) is 7.39. The van der Waals surface area contributed by atoms with Gasteiger partial charge in [0.1, 0.15) is 0 Å². The summed E-state index contributed by atoms with van der Waals surface area (Å²) in [6.07, 6.45) is 12.7. The van der Waals surface area contributed by atoms with Gasteiger partial charge in [0.25, 0.3) is 0 Å². The smallest absolute Gasteiger partial charge is 0.0120 e. The van der Waals surface area contributed by atoms with Gasteiger partial charge in [-0.1, -0.05) is 59.8 Å². The lowest BCUT2D eigenvalue weighted by Gasteiger charge is -2.40. The first-order chi connectivity index (χ1) is 9.62. The molecule has 1 saturated carbocycles. The minimum atomic E-state index is 0.857. The van der Waals surface area contributed by atoms with Crippen LogP contribution in [-0.4, -0.2) is 24.5 Å². The van der Waals surface area contributed by atoms with Crippen molar-refractivity contribution in [1.29, 1.82) is 0 Å². The van der Waals surface area contributed by atoms with E-state index in [2.05, 4.69) is 39.6 Å². The monoisotopic (exact) mass is 281 g/mol. The van der Waals surface area contributed by atoms with E-state index in [0.29, 0.717) is 0 Å². The Bertz CT molecular complexity index is 234. The third kappa shape index (κ3) is 5.76. The number of hydrogen-bond acceptors (Lipinski definition) is 1. The summed E-state index contributed by atoms with van der Waals surface area (Å²) in [4.78, 5) is 2.71. The van der Waals surface area contributed by atoms with Crippen LogP contribution in [0.3, 0.4) is 0 Å². The highest BCUT2D eigenvalue weighted by Crippen LogP contribution is 2.34. The molecule has 0 N–H and O–H groups in total. The van der Waals surface area contributed by atoms with Crippen LogP contribution in [0.5, 0.6) is 0 Å². The van der Waals surface area contributed by atoms with Gasteiger partial charge in [0.15, 0.2) is 0 Å². The van der Waals surface area contributed by atoms with Crippen LogP contribution in [0.4, 0.5) is 0 Å². The Kier molecular flexibility index (Phi) is 8.84. The standard InChI is InChI=1S/C19H39N/c1-6-10-17(8-3)14-16(4)15-20(5)19(11-7-2)18-12-9-13-18/h16-19H,6-15H2,1-5H3/t16-,17?,19?/m1/s1. The molecule has 20 heavy (non-hydrogen) atoms. The lowest BCUT2D eigenvalue weighted by molar-refractivity contribution is 0.0941. The molecule has 0 amide bonds. The average molecular weight is 282 g/mol. The molecule has 0 aromatic carbocycles. The van der Waals surface area contributed by atoms with Crippen LogP contribution < -0.4 is 0 Å². The van der Waals surface area contributed by atoms with E-state index in [4.69, 9.17) is 0 Å². The van der Waals surface area contributed by atoms with Crippen molar-refractivity contribution in [1.82, 2.24) is 4.90 Å². The molecule has 120 valence electrons. The summed E-state index contributed by atoms with van der Waals surface area (Å²) in [7, 11) is 2.38. The first-order valence-electron chi connectivity index (χ1n) is 9.32. The van der Waals surface area contributed by atoms with E-state index in [1.54, 1.807) is 0 Å². The summed E-state index contributed by atoms with van der Waals surface area (Å²) in [5, 5.41) is 0. The molecule has 2 unspecified atom stereocenters. The Balaban J connectivity index is 2.38. The van der Waals surface area contributed by atoms with Gasteiger partial charge in [-0.3, -0.25) is 0 Å². The van der Waals surface area contributed by atoms with Crippen LogP contribution in [0.15, 0.2) is 0 Å². The van der Waals surface area contributed by atoms with Crippen molar-refractivity contribution in [2.45, 2.75) is 91.5 Å². The van der Waals surface area contributed by atoms with E-state index in [1.807, 2.05) is 0 Å². The predicted octanol–water partition coefficient (Wildman–Crippen LogP) is 5.74. The van der Waals surface area contributed by atoms with Crippen molar-refractivity contribution in [3.05, 3.63) is 0 Å². The molecular formula is C19H39N. The van der Waals surface area contributed by atoms with Gasteiger partial charge in [-0.05, 0) is 50.5 Å². The third-order valence-corrected chi connectivity index (χ3v) is 5.45. The second-order valence-electron chi connectivity index (χ2n) is 7.39. The lowest BCUT2D eigenvalue weighted by atomic mass is 9.77. The fourth-order valence-electron chi connectivity index (χ4n) is 4.10. The van der Waals surface area contributed by atoms with E-state index in [9.17, 15) is 0 Å². The molecule has 3 atom stereocenters. The zero-order valence-electron chi connectivity index (χ0n) is 14.8. The topological polar surface area (TPSA) is 3.24 Å². The number of rotatable bonds is 11. The molecule has 0 bridgehead atoms. The SMILES string of the molecule is CCCC(CC)C[C@@H](C)CN(C)C(CCC)C1CCC1. The highest BCUT2D eigenvalue weighted by atomic mass is 15.1. The van der Waals surface area contributed by atoms with E-state index >= 15 is 0 Å². The highest BCUT2D eigenvalue weighted by Gasteiger charge is 2.30. The van der Waals surface area contributed by atoms with Crippen molar-refractivity contribution < 1.29 is 0 Å². The maximum Gasteiger partial charge on any atom is 0.0120 e. The molecule has 1 fully saturated rings. The van der Waals surface area contributed by atoms with Crippen molar-refractivity contribution >= 4 is 0 Å². The summed E-state index contributed by atoms with van der Waals surface area (Å²) >= 11 is 0. The quantitative estimate of drug-likeness (QED) is 0.467. The second kappa shape index (κ2) is 9.82. The molecule has 0 aliphatic heterocycles. The Morgan fingerprint density at radius 1 is 1.05 bits per heavy atom. The van der Waals surface area contributed by atoms with E-state index < -0.39 is 0 Å². The zero-order valence-corrected chi connectivity index (χ0v) is 14.8. The Labute approximate surface area is 128 Å². The molecule has 0 saturated heterocycles. The first-order valence-corrected chi connectivity index (χ1v) is 9.32. The van der Waals surface area contributed by atoms with Gasteiger partial charge < -0.3 is 4.90 Å². The Hall–Kier alpha value is -0.0400. The van der Waals surface area contributed by atoms with Crippen LogP contribution >= 0.6 is 0 Å². The summed E-state index contributed by atoms with van der Waals surface area (Å²) in [6, 6.07) is 0.863. The van der Waals surface area contributed by atoms with Crippen LogP contribution in [0.25, 0.3) is 0 Å². The molecule has 1 aliphatic carbocycles. The molecule has 1 nitrogen and oxygen atoms in total. The van der Waals surface area contributed by atoms with E-state index in [-0.39, 0.29) is 0 Å². The fourth-order valence-corrected chi connectivity index (χ4v) is 4.10. The molecule has 1 heteroatoms. The number of nitrogens with zero attached hydrogens (tertiary/aromatic N) is 1. The maximum absolute atomic E-state index is 2.71. The third-order valence-electron chi connectivity index (χ3n) is 5.45. The van der Waals surface area contributed by atoms with Crippen LogP contribution in [0.2, 0.25) is 0 Å². The molecule has 0 radical (unpaired) electrons. The minimum Gasteiger partial charge on any atom is -0.303 e. The predicted molar refractivity (Wildman–Crippen MR) is 91.1 cm³/mol. The Morgan fingerprint density at radius 2 is 1.70 bits per heavy atom. The Morgan fingerprint density at radius 3 is 2.15 bits per heavy atom. The molecule has 1 rings (SSSR count). The molecule has 0 heterocycles. The molecule has 0 aromatic rings. The fraction of sp³-hybridized carbons (Fsp3) is 1.00. The summed E-state index contributed by atoms with van der Waals surface area (Å²) in [6.45, 7) is 10.8. The van der Waals surface area contributed by atoms with Crippen molar-refractivity contribution in [2.75, 3.05) is 13.6 Å². The van der Waals surface area contributed by atoms with Gasteiger partial charge in [0.2, 0.25) is 0 Å². The summed E-state index contributed by atoms with van der Waals surface area (Å²) < 4.78 is 0. The molecule has 1 aliphatic rings. The van der Waals surface area contributed by atoms with Gasteiger partial charge in [-0.25, -0.2) is 0 Å². The molecule has 0 spiro atoms. The van der Waals surface area contributed by atoms with Crippen molar-refractivity contribution in [3.63, 3.8) is 0 Å². The van der Waals surface area contributed by atoms with Crippen molar-refractivity contribution in [3.8, 4) is 0 Å². The maximum atomic E-state index is 2.71. The van der Waals surface area contributed by atoms with Crippen molar-refractivity contribution in [2.24, 2.45) is 17.8 Å². The summed E-state index contributed by atoms with van der Waals surface area (Å²) in [5.74, 6) is 2.82. The largest absolute Gasteiger partial charge is 0.303 e. The molecular weight excluding hydrogens is 242 g/mol. The highest BCUT2D eigenvalue weighted by molar-refractivity contribution is 4.84. The van der Waals surface area contributed by atoms with Gasteiger partial charge in [-0.2, -0.15) is 0 Å². The number of hydrogen-bond donors (Lipinski definition) is 0. The van der Waals surface area contributed by atoms with Crippen LogP contribution in [0.1, 0.15) is 85.5 Å². The van der Waals surface area contributed by atoms with E-state index in [1.165, 1.54) is 64.3 Å². The van der Waals surface area contributed by atoms with E-state index in [0.717, 1.165) is 23.8 Å².